The van der Waals surface area contributed by atoms with E-state index in [0.717, 1.165) is 0 Å². The molecule has 0 spiro atoms. The molecule has 0 heterocycles. The fourth-order valence-electron chi connectivity index (χ4n) is 2.99. The van der Waals surface area contributed by atoms with Gasteiger partial charge in [-0.1, -0.05) is 13.3 Å². The molecule has 1 aliphatic rings. The summed E-state index contributed by atoms with van der Waals surface area (Å²) in [5.74, 6) is 0.789. The van der Waals surface area contributed by atoms with Gasteiger partial charge in [-0.05, 0) is 65.7 Å². The lowest BCUT2D eigenvalue weighted by atomic mass is 9.73. The molecule has 22 heavy (non-hydrogen) atoms. The largest absolute Gasteiger partial charge is 0.598 e. The van der Waals surface area contributed by atoms with Crippen LogP contribution in [0.5, 0.6) is 0 Å². The van der Waals surface area contributed by atoms with Crippen LogP contribution in [-0.4, -0.2) is 27.0 Å². The highest BCUT2D eigenvalue weighted by atomic mass is 32.2. The summed E-state index contributed by atoms with van der Waals surface area (Å²) in [4.78, 5) is 11.0. The van der Waals surface area contributed by atoms with Gasteiger partial charge in [-0.2, -0.15) is 0 Å². The highest BCUT2D eigenvalue weighted by Crippen LogP contribution is 2.36. The van der Waals surface area contributed by atoms with Crippen molar-refractivity contribution in [3.05, 3.63) is 0 Å². The molecule has 0 aromatic heterocycles. The number of amides is 1. The van der Waals surface area contributed by atoms with Gasteiger partial charge in [0.2, 0.25) is 0 Å². The van der Waals surface area contributed by atoms with Crippen molar-refractivity contribution in [2.45, 2.75) is 83.6 Å². The molecule has 0 radical (unpaired) electrons. The highest BCUT2D eigenvalue weighted by molar-refractivity contribution is 7.90. The standard InChI is InChI=1S/C16H32N2O3S/c1-11(10-16(5,6)21-14(17)19)13(12-8-7-9-12)18-22(20)15(2,3)4/h11-13,18H,7-10H2,1-6H3,(H2,17,19). The molecule has 6 heteroatoms. The Kier molecular flexibility index (Phi) is 6.59. The third kappa shape index (κ3) is 5.97. The monoisotopic (exact) mass is 332 g/mol. The maximum Gasteiger partial charge on any atom is 0.405 e. The average molecular weight is 333 g/mol. The summed E-state index contributed by atoms with van der Waals surface area (Å²) in [6.45, 7) is 11.8. The van der Waals surface area contributed by atoms with Crippen LogP contribution in [0.15, 0.2) is 0 Å². The lowest BCUT2D eigenvalue weighted by molar-refractivity contribution is 0.0193. The Morgan fingerprint density at radius 2 is 1.91 bits per heavy atom. The van der Waals surface area contributed by atoms with Gasteiger partial charge in [0.05, 0.1) is 6.04 Å². The molecule has 0 aromatic rings. The third-order valence-corrected chi connectivity index (χ3v) is 5.86. The minimum Gasteiger partial charge on any atom is -0.598 e. The van der Waals surface area contributed by atoms with Crippen molar-refractivity contribution >= 4 is 17.5 Å². The zero-order chi connectivity index (χ0) is 17.1. The number of nitrogens with one attached hydrogen (secondary N) is 1. The van der Waals surface area contributed by atoms with Crippen LogP contribution in [0.4, 0.5) is 4.79 Å². The summed E-state index contributed by atoms with van der Waals surface area (Å²) >= 11 is -1.10. The van der Waals surface area contributed by atoms with Gasteiger partial charge in [-0.25, -0.2) is 4.79 Å². The Hall–Kier alpha value is -0.460. The number of carbonyl (C=O) groups excluding carboxylic acids is 1. The van der Waals surface area contributed by atoms with Gasteiger partial charge in [0.25, 0.3) is 0 Å². The molecular weight excluding hydrogens is 300 g/mol. The molecular formula is C16H32N2O3S. The van der Waals surface area contributed by atoms with Crippen LogP contribution in [-0.2, 0) is 16.1 Å². The molecule has 5 nitrogen and oxygen atoms in total. The molecule has 1 aliphatic carbocycles. The summed E-state index contributed by atoms with van der Waals surface area (Å²) in [6.07, 6.45) is 3.51. The van der Waals surface area contributed by atoms with E-state index < -0.39 is 23.1 Å². The third-order valence-electron chi connectivity index (χ3n) is 4.26. The second-order valence-electron chi connectivity index (χ2n) is 8.08. The van der Waals surface area contributed by atoms with E-state index in [-0.39, 0.29) is 16.7 Å². The van der Waals surface area contributed by atoms with Crippen molar-refractivity contribution in [1.29, 1.82) is 0 Å². The molecule has 3 atom stereocenters. The number of rotatable bonds is 7. The van der Waals surface area contributed by atoms with Crippen molar-refractivity contribution in [3.63, 3.8) is 0 Å². The van der Waals surface area contributed by atoms with E-state index in [1.807, 2.05) is 34.6 Å². The fourth-order valence-corrected chi connectivity index (χ4v) is 4.02. The van der Waals surface area contributed by atoms with Crippen LogP contribution in [0.2, 0.25) is 0 Å². The topological polar surface area (TPSA) is 87.4 Å². The normalized spacial score (nSPS) is 20.9. The zero-order valence-corrected chi connectivity index (χ0v) is 15.6. The fraction of sp³-hybridized carbons (Fsp3) is 0.938. The van der Waals surface area contributed by atoms with Crippen LogP contribution >= 0.6 is 0 Å². The Balaban J connectivity index is 2.72. The number of hydrogen-bond acceptors (Lipinski definition) is 4. The lowest BCUT2D eigenvalue weighted by Gasteiger charge is -2.41. The molecule has 1 fully saturated rings. The van der Waals surface area contributed by atoms with Crippen LogP contribution in [0.1, 0.15) is 67.2 Å². The molecule has 0 aromatic carbocycles. The second-order valence-corrected chi connectivity index (χ2v) is 10.1. The Morgan fingerprint density at radius 1 is 1.36 bits per heavy atom. The quantitative estimate of drug-likeness (QED) is 0.701. The van der Waals surface area contributed by atoms with Gasteiger partial charge >= 0.3 is 6.09 Å². The Bertz CT molecular complexity index is 378. The molecule has 3 N–H and O–H groups in total. The van der Waals surface area contributed by atoms with Crippen LogP contribution in [0.25, 0.3) is 0 Å². The van der Waals surface area contributed by atoms with Crippen molar-refractivity contribution in [1.82, 2.24) is 4.72 Å². The maximum absolute atomic E-state index is 12.5. The smallest absolute Gasteiger partial charge is 0.405 e. The first kappa shape index (κ1) is 19.6. The van der Waals surface area contributed by atoms with Crippen LogP contribution in [0.3, 0.4) is 0 Å². The molecule has 0 bridgehead atoms. The van der Waals surface area contributed by atoms with E-state index in [0.29, 0.717) is 12.3 Å². The molecule has 3 unspecified atom stereocenters. The number of ether oxygens (including phenoxy) is 1. The highest BCUT2D eigenvalue weighted by Gasteiger charge is 2.39. The lowest BCUT2D eigenvalue weighted by Crippen LogP contribution is -2.52. The molecule has 0 aliphatic heterocycles. The number of primary amides is 1. The molecule has 130 valence electrons. The number of nitrogens with two attached hydrogens (primary N) is 1. The Morgan fingerprint density at radius 3 is 2.27 bits per heavy atom. The summed E-state index contributed by atoms with van der Waals surface area (Å²) in [5.41, 5.74) is 4.53. The van der Waals surface area contributed by atoms with E-state index >= 15 is 0 Å². The first-order chi connectivity index (χ1) is 9.92. The minimum atomic E-state index is -1.10. The Labute approximate surface area is 138 Å². The summed E-state index contributed by atoms with van der Waals surface area (Å²) in [6, 6.07) is 0.171. The maximum atomic E-state index is 12.5. The SMILES string of the molecule is CC(CC(C)(C)OC(N)=O)C(N[S+]([O-])C(C)(C)C)C1CCC1. The van der Waals surface area contributed by atoms with Gasteiger partial charge in [0, 0.05) is 11.4 Å². The van der Waals surface area contributed by atoms with Crippen molar-refractivity contribution in [3.8, 4) is 0 Å². The van der Waals surface area contributed by atoms with Crippen molar-refractivity contribution < 1.29 is 14.1 Å². The van der Waals surface area contributed by atoms with Crippen molar-refractivity contribution in [2.75, 3.05) is 0 Å². The van der Waals surface area contributed by atoms with Gasteiger partial charge < -0.3 is 15.0 Å². The molecule has 1 saturated carbocycles. The van der Waals surface area contributed by atoms with E-state index in [1.165, 1.54) is 19.3 Å². The number of hydrogen-bond donors (Lipinski definition) is 2. The second kappa shape index (κ2) is 7.41. The van der Waals surface area contributed by atoms with E-state index in [1.54, 1.807) is 0 Å². The van der Waals surface area contributed by atoms with E-state index in [2.05, 4.69) is 11.6 Å². The van der Waals surface area contributed by atoms with E-state index in [9.17, 15) is 9.35 Å². The van der Waals surface area contributed by atoms with Crippen LogP contribution in [0, 0.1) is 11.8 Å². The van der Waals surface area contributed by atoms with Gasteiger partial charge in [0.15, 0.2) is 0 Å². The zero-order valence-electron chi connectivity index (χ0n) is 14.8. The van der Waals surface area contributed by atoms with Gasteiger partial charge in [-0.3, -0.25) is 0 Å². The average Bonchev–Trinajstić information content (AvgIpc) is 2.21. The van der Waals surface area contributed by atoms with Gasteiger partial charge in [-0.15, -0.1) is 4.72 Å². The summed E-state index contributed by atoms with van der Waals surface area (Å²) in [5, 5.41) is 0. The van der Waals surface area contributed by atoms with Gasteiger partial charge in [0.1, 0.15) is 10.3 Å². The van der Waals surface area contributed by atoms with E-state index in [4.69, 9.17) is 10.5 Å². The minimum absolute atomic E-state index is 0.171. The molecule has 1 rings (SSSR count). The first-order valence-electron chi connectivity index (χ1n) is 8.09. The first-order valence-corrected chi connectivity index (χ1v) is 9.24. The summed E-state index contributed by atoms with van der Waals surface area (Å²) < 4.78 is 20.7. The predicted molar refractivity (Wildman–Crippen MR) is 90.7 cm³/mol. The molecule has 1 amide bonds. The number of carbonyl (C=O) groups is 1. The summed E-state index contributed by atoms with van der Waals surface area (Å²) in [7, 11) is 0. The van der Waals surface area contributed by atoms with Crippen molar-refractivity contribution in [2.24, 2.45) is 17.6 Å². The van der Waals surface area contributed by atoms with Crippen LogP contribution < -0.4 is 10.5 Å². The predicted octanol–water partition coefficient (Wildman–Crippen LogP) is 3.11. The molecule has 0 saturated heterocycles.